The van der Waals surface area contributed by atoms with Crippen LogP contribution in [0.2, 0.25) is 0 Å². The summed E-state index contributed by atoms with van der Waals surface area (Å²) in [6, 6.07) is 21.3. The summed E-state index contributed by atoms with van der Waals surface area (Å²) in [5.41, 5.74) is 10.2. The average Bonchev–Trinajstić information content (AvgIpc) is 3.54. The van der Waals surface area contributed by atoms with Crippen molar-refractivity contribution in [3.63, 3.8) is 0 Å². The summed E-state index contributed by atoms with van der Waals surface area (Å²) < 4.78 is 35.6. The molecule has 0 saturated carbocycles. The molecule has 4 aromatic rings. The van der Waals surface area contributed by atoms with Crippen LogP contribution in [0.15, 0.2) is 78.2 Å². The number of nitriles is 1. The van der Waals surface area contributed by atoms with Crippen molar-refractivity contribution in [1.82, 2.24) is 10.2 Å². The van der Waals surface area contributed by atoms with E-state index >= 15 is 0 Å². The first kappa shape index (κ1) is 21.6. The molecule has 2 aliphatic rings. The van der Waals surface area contributed by atoms with Gasteiger partial charge in [-0.25, -0.2) is 4.39 Å². The van der Waals surface area contributed by atoms with Crippen LogP contribution in [0.5, 0.6) is 23.1 Å². The average molecular weight is 482 g/mol. The highest BCUT2D eigenvalue weighted by atomic mass is 19.1. The lowest BCUT2D eigenvalue weighted by Gasteiger charge is -2.24. The standard InChI is InChI=1S/C27H19FN4O4/c28-18-6-1-15(2-7-18)13-33-19-8-3-16(4-9-19)23-20(12-29)26(30)36-27-24(23)25(31-32-27)17-5-10-21-22(11-17)35-14-34-21/h1-11,23H,13-14,30H2,(H,31,32). The Hall–Kier alpha value is -4.97. The first-order valence-electron chi connectivity index (χ1n) is 11.1. The molecule has 0 spiro atoms. The van der Waals surface area contributed by atoms with E-state index in [0.29, 0.717) is 41.0 Å². The Morgan fingerprint density at radius 2 is 1.83 bits per heavy atom. The molecule has 1 atom stereocenters. The van der Waals surface area contributed by atoms with Gasteiger partial charge in [0.1, 0.15) is 29.8 Å². The lowest BCUT2D eigenvalue weighted by atomic mass is 9.83. The number of hydrogen-bond donors (Lipinski definition) is 2. The summed E-state index contributed by atoms with van der Waals surface area (Å²) in [7, 11) is 0. The van der Waals surface area contributed by atoms with Crippen molar-refractivity contribution < 1.29 is 23.3 Å². The molecule has 3 aromatic carbocycles. The smallest absolute Gasteiger partial charge is 0.244 e. The normalized spacial score (nSPS) is 15.7. The molecule has 8 nitrogen and oxygen atoms in total. The van der Waals surface area contributed by atoms with Gasteiger partial charge in [-0.1, -0.05) is 24.3 Å². The Balaban J connectivity index is 1.34. The number of nitrogens with one attached hydrogen (secondary N) is 1. The Morgan fingerprint density at radius 3 is 2.61 bits per heavy atom. The van der Waals surface area contributed by atoms with Crippen LogP contribution in [0.25, 0.3) is 11.3 Å². The SMILES string of the molecule is N#CC1=C(N)Oc2n[nH]c(-c3ccc4c(c3)OCO4)c2C1c1ccc(OCc2ccc(F)cc2)cc1. The highest BCUT2D eigenvalue weighted by Crippen LogP contribution is 2.47. The Bertz CT molecular complexity index is 1520. The molecule has 1 unspecified atom stereocenters. The first-order chi connectivity index (χ1) is 17.6. The van der Waals surface area contributed by atoms with Crippen LogP contribution in [-0.2, 0) is 6.61 Å². The van der Waals surface area contributed by atoms with Crippen molar-refractivity contribution in [2.24, 2.45) is 5.73 Å². The zero-order valence-corrected chi connectivity index (χ0v) is 18.8. The van der Waals surface area contributed by atoms with E-state index in [4.69, 9.17) is 24.7 Å². The molecular weight excluding hydrogens is 463 g/mol. The fourth-order valence-corrected chi connectivity index (χ4v) is 4.35. The monoisotopic (exact) mass is 482 g/mol. The third kappa shape index (κ3) is 3.75. The number of nitrogens with two attached hydrogens (primary N) is 1. The maximum absolute atomic E-state index is 13.1. The van der Waals surface area contributed by atoms with Crippen LogP contribution in [0, 0.1) is 17.1 Å². The number of ether oxygens (including phenoxy) is 4. The quantitative estimate of drug-likeness (QED) is 0.422. The molecule has 1 aromatic heterocycles. The third-order valence-electron chi connectivity index (χ3n) is 6.13. The summed E-state index contributed by atoms with van der Waals surface area (Å²) in [5.74, 6) is 1.44. The Morgan fingerprint density at radius 1 is 1.06 bits per heavy atom. The lowest BCUT2D eigenvalue weighted by Crippen LogP contribution is -2.21. The number of aromatic amines is 1. The molecule has 0 amide bonds. The number of H-pyrrole nitrogens is 1. The van der Waals surface area contributed by atoms with Gasteiger partial charge >= 0.3 is 0 Å². The second-order valence-corrected chi connectivity index (χ2v) is 8.29. The van der Waals surface area contributed by atoms with Gasteiger partial charge in [-0.2, -0.15) is 5.26 Å². The molecule has 0 aliphatic carbocycles. The van der Waals surface area contributed by atoms with Gasteiger partial charge in [0.25, 0.3) is 0 Å². The second-order valence-electron chi connectivity index (χ2n) is 8.29. The van der Waals surface area contributed by atoms with E-state index in [-0.39, 0.29) is 24.1 Å². The van der Waals surface area contributed by atoms with Gasteiger partial charge in [0, 0.05) is 5.56 Å². The van der Waals surface area contributed by atoms with Gasteiger partial charge in [-0.3, -0.25) is 5.10 Å². The maximum atomic E-state index is 13.1. The summed E-state index contributed by atoms with van der Waals surface area (Å²) in [6.07, 6.45) is 0. The van der Waals surface area contributed by atoms with Gasteiger partial charge in [-0.05, 0) is 53.6 Å². The second kappa shape index (κ2) is 8.67. The molecule has 0 saturated heterocycles. The number of halogens is 1. The molecule has 6 rings (SSSR count). The molecule has 178 valence electrons. The number of hydrogen-bond acceptors (Lipinski definition) is 7. The molecule has 9 heteroatoms. The van der Waals surface area contributed by atoms with Crippen molar-refractivity contribution in [3.05, 3.63) is 101 Å². The Kier molecular flexibility index (Phi) is 5.19. The number of benzene rings is 3. The van der Waals surface area contributed by atoms with E-state index in [2.05, 4.69) is 16.3 Å². The van der Waals surface area contributed by atoms with Crippen LogP contribution >= 0.6 is 0 Å². The molecule has 0 bridgehead atoms. The number of rotatable bonds is 5. The van der Waals surface area contributed by atoms with E-state index in [9.17, 15) is 9.65 Å². The van der Waals surface area contributed by atoms with Crippen molar-refractivity contribution in [2.75, 3.05) is 6.79 Å². The van der Waals surface area contributed by atoms with E-state index in [1.165, 1.54) is 12.1 Å². The largest absolute Gasteiger partial charge is 0.489 e. The van der Waals surface area contributed by atoms with Crippen LogP contribution in [0.1, 0.15) is 22.6 Å². The molecular formula is C27H19FN4O4. The number of allylic oxidation sites excluding steroid dienone is 1. The van der Waals surface area contributed by atoms with Gasteiger partial charge in [0.2, 0.25) is 18.6 Å². The molecule has 3 heterocycles. The van der Waals surface area contributed by atoms with Gasteiger partial charge in [0.15, 0.2) is 11.5 Å². The Labute approximate surface area is 205 Å². The number of fused-ring (bicyclic) bond motifs is 2. The highest BCUT2D eigenvalue weighted by Gasteiger charge is 2.36. The van der Waals surface area contributed by atoms with Gasteiger partial charge < -0.3 is 24.7 Å². The van der Waals surface area contributed by atoms with Crippen molar-refractivity contribution in [1.29, 1.82) is 5.26 Å². The molecule has 0 radical (unpaired) electrons. The number of aromatic nitrogens is 2. The molecule has 2 aliphatic heterocycles. The zero-order valence-electron chi connectivity index (χ0n) is 18.8. The van der Waals surface area contributed by atoms with E-state index < -0.39 is 5.92 Å². The summed E-state index contributed by atoms with van der Waals surface area (Å²) in [6.45, 7) is 0.465. The highest BCUT2D eigenvalue weighted by molar-refractivity contribution is 5.73. The molecule has 3 N–H and O–H groups in total. The third-order valence-corrected chi connectivity index (χ3v) is 6.13. The van der Waals surface area contributed by atoms with Crippen LogP contribution in [0.3, 0.4) is 0 Å². The van der Waals surface area contributed by atoms with Crippen molar-refractivity contribution >= 4 is 0 Å². The van der Waals surface area contributed by atoms with Crippen LogP contribution < -0.4 is 24.7 Å². The topological polar surface area (TPSA) is 115 Å². The summed E-state index contributed by atoms with van der Waals surface area (Å²) in [4.78, 5) is 0. The van der Waals surface area contributed by atoms with Crippen molar-refractivity contribution in [3.8, 4) is 40.5 Å². The van der Waals surface area contributed by atoms with Gasteiger partial charge in [0.05, 0.1) is 17.2 Å². The van der Waals surface area contributed by atoms with Crippen LogP contribution in [-0.4, -0.2) is 17.0 Å². The minimum Gasteiger partial charge on any atom is -0.489 e. The summed E-state index contributed by atoms with van der Waals surface area (Å²) in [5, 5.41) is 17.3. The van der Waals surface area contributed by atoms with Gasteiger partial charge in [-0.15, -0.1) is 5.10 Å². The zero-order chi connectivity index (χ0) is 24.6. The van der Waals surface area contributed by atoms with Crippen molar-refractivity contribution in [2.45, 2.75) is 12.5 Å². The number of nitrogens with zero attached hydrogens (tertiary/aromatic N) is 2. The first-order valence-corrected chi connectivity index (χ1v) is 11.1. The minimum atomic E-state index is -0.510. The van der Waals surface area contributed by atoms with Crippen LogP contribution in [0.4, 0.5) is 4.39 Å². The predicted molar refractivity (Wildman–Crippen MR) is 127 cm³/mol. The maximum Gasteiger partial charge on any atom is 0.244 e. The fourth-order valence-electron chi connectivity index (χ4n) is 4.35. The fraction of sp³-hybridized carbons (Fsp3) is 0.111. The minimum absolute atomic E-state index is 0.00960. The van der Waals surface area contributed by atoms with E-state index in [1.807, 2.05) is 42.5 Å². The van der Waals surface area contributed by atoms with E-state index in [0.717, 1.165) is 16.7 Å². The lowest BCUT2D eigenvalue weighted by molar-refractivity contribution is 0.174. The predicted octanol–water partition coefficient (Wildman–Crippen LogP) is 4.74. The summed E-state index contributed by atoms with van der Waals surface area (Å²) >= 11 is 0. The molecule has 0 fully saturated rings. The molecule has 36 heavy (non-hydrogen) atoms. The van der Waals surface area contributed by atoms with E-state index in [1.54, 1.807) is 12.1 Å².